The summed E-state index contributed by atoms with van der Waals surface area (Å²) in [5, 5.41) is 4.25. The van der Waals surface area contributed by atoms with Gasteiger partial charge in [-0.1, -0.05) is 12.1 Å². The van der Waals surface area contributed by atoms with E-state index in [0.29, 0.717) is 18.0 Å². The van der Waals surface area contributed by atoms with Crippen molar-refractivity contribution in [2.45, 2.75) is 25.3 Å². The topological polar surface area (TPSA) is 67.4 Å². The van der Waals surface area contributed by atoms with Crippen LogP contribution in [0.3, 0.4) is 0 Å². The summed E-state index contributed by atoms with van der Waals surface area (Å²) in [7, 11) is 0. The van der Waals surface area contributed by atoms with Gasteiger partial charge in [0.15, 0.2) is 0 Å². The Morgan fingerprint density at radius 3 is 2.34 bits per heavy atom. The van der Waals surface area contributed by atoms with Gasteiger partial charge in [0.1, 0.15) is 5.75 Å². The lowest BCUT2D eigenvalue weighted by Gasteiger charge is -2.16. The Morgan fingerprint density at radius 2 is 1.72 bits per heavy atom. The highest BCUT2D eigenvalue weighted by atomic mass is 32.2. The summed E-state index contributed by atoms with van der Waals surface area (Å²) in [6.07, 6.45) is -4.57. The predicted molar refractivity (Wildman–Crippen MR) is 108 cm³/mol. The number of alkyl halides is 3. The first kappa shape index (κ1) is 22.6. The molecule has 29 heavy (non-hydrogen) atoms. The van der Waals surface area contributed by atoms with Crippen LogP contribution in [0.2, 0.25) is 0 Å². The van der Waals surface area contributed by atoms with Crippen LogP contribution in [0.25, 0.3) is 0 Å². The van der Waals surface area contributed by atoms with Crippen LogP contribution in [-0.2, 0) is 15.8 Å². The molecule has 2 amide bonds. The van der Waals surface area contributed by atoms with E-state index >= 15 is 0 Å². The lowest BCUT2D eigenvalue weighted by Crippen LogP contribution is -2.26. The van der Waals surface area contributed by atoms with Crippen LogP contribution in [0, 0.1) is 0 Å². The molecule has 0 bridgehead atoms. The standard InChI is InChI=1S/C20H21F3N2O3S/c1-3-28-15-10-8-14(9-11-15)24-18(26)12-29-13(2)19(27)25-17-7-5-4-6-16(17)20(21,22)23/h4-11,13H,3,12H2,1-2H3,(H,24,26)(H,25,27)/t13-/m0/s1. The number of anilines is 2. The van der Waals surface area contributed by atoms with Crippen molar-refractivity contribution in [2.24, 2.45) is 0 Å². The maximum atomic E-state index is 13.0. The fourth-order valence-electron chi connectivity index (χ4n) is 2.35. The van der Waals surface area contributed by atoms with E-state index in [-0.39, 0.29) is 17.3 Å². The summed E-state index contributed by atoms with van der Waals surface area (Å²) in [6, 6.07) is 11.6. The highest BCUT2D eigenvalue weighted by Crippen LogP contribution is 2.34. The zero-order valence-electron chi connectivity index (χ0n) is 15.9. The van der Waals surface area contributed by atoms with Crippen molar-refractivity contribution in [1.29, 1.82) is 0 Å². The van der Waals surface area contributed by atoms with E-state index in [2.05, 4.69) is 10.6 Å². The second kappa shape index (κ2) is 10.2. The van der Waals surface area contributed by atoms with Crippen LogP contribution in [0.15, 0.2) is 48.5 Å². The van der Waals surface area contributed by atoms with Gasteiger partial charge < -0.3 is 15.4 Å². The molecular formula is C20H21F3N2O3S. The van der Waals surface area contributed by atoms with Gasteiger partial charge in [-0.05, 0) is 50.2 Å². The molecule has 0 aromatic heterocycles. The minimum atomic E-state index is -4.57. The quantitative estimate of drug-likeness (QED) is 0.636. The Kier molecular flexibility index (Phi) is 7.95. The second-order valence-corrected chi connectivity index (χ2v) is 7.32. The largest absolute Gasteiger partial charge is 0.494 e. The SMILES string of the molecule is CCOc1ccc(NC(=O)CS[C@@H](C)C(=O)Nc2ccccc2C(F)(F)F)cc1. The number of carbonyl (C=O) groups excluding carboxylic acids is 2. The summed E-state index contributed by atoms with van der Waals surface area (Å²) in [5.41, 5.74) is -0.648. The van der Waals surface area contributed by atoms with E-state index < -0.39 is 22.9 Å². The molecule has 5 nitrogen and oxygen atoms in total. The molecule has 2 aromatic rings. The first-order valence-corrected chi connectivity index (χ1v) is 9.87. The monoisotopic (exact) mass is 426 g/mol. The van der Waals surface area contributed by atoms with E-state index in [1.54, 1.807) is 24.3 Å². The molecule has 0 heterocycles. The van der Waals surface area contributed by atoms with Crippen molar-refractivity contribution in [1.82, 2.24) is 0 Å². The fraction of sp³-hybridized carbons (Fsp3) is 0.300. The molecule has 9 heteroatoms. The third kappa shape index (κ3) is 7.01. The van der Waals surface area contributed by atoms with Crippen molar-refractivity contribution in [2.75, 3.05) is 23.0 Å². The van der Waals surface area contributed by atoms with Gasteiger partial charge in [0.05, 0.1) is 28.9 Å². The molecule has 0 spiro atoms. The smallest absolute Gasteiger partial charge is 0.418 e. The van der Waals surface area contributed by atoms with E-state index in [1.165, 1.54) is 25.1 Å². The number of hydrogen-bond acceptors (Lipinski definition) is 4. The Labute approximate surface area is 171 Å². The summed E-state index contributed by atoms with van der Waals surface area (Å²) in [6.45, 7) is 3.93. The Hall–Kier alpha value is -2.68. The number of amides is 2. The number of benzene rings is 2. The molecule has 0 saturated carbocycles. The van der Waals surface area contributed by atoms with E-state index in [4.69, 9.17) is 4.74 Å². The van der Waals surface area contributed by atoms with Gasteiger partial charge in [0.2, 0.25) is 11.8 Å². The molecule has 0 aliphatic carbocycles. The Balaban J connectivity index is 1.86. The van der Waals surface area contributed by atoms with E-state index in [0.717, 1.165) is 17.8 Å². The van der Waals surface area contributed by atoms with Crippen molar-refractivity contribution in [3.63, 3.8) is 0 Å². The number of carbonyl (C=O) groups is 2. The third-order valence-corrected chi connectivity index (χ3v) is 4.92. The number of nitrogens with one attached hydrogen (secondary N) is 2. The van der Waals surface area contributed by atoms with Gasteiger partial charge in [-0.25, -0.2) is 0 Å². The average molecular weight is 426 g/mol. The van der Waals surface area contributed by atoms with Gasteiger partial charge in [-0.3, -0.25) is 9.59 Å². The molecule has 0 radical (unpaired) electrons. The van der Waals surface area contributed by atoms with Crippen LogP contribution in [-0.4, -0.2) is 29.4 Å². The molecular weight excluding hydrogens is 405 g/mol. The van der Waals surface area contributed by atoms with E-state index in [9.17, 15) is 22.8 Å². The maximum absolute atomic E-state index is 13.0. The number of rotatable bonds is 8. The number of thioether (sulfide) groups is 1. The van der Waals surface area contributed by atoms with Gasteiger partial charge >= 0.3 is 6.18 Å². The normalized spacial score (nSPS) is 12.2. The van der Waals surface area contributed by atoms with Crippen molar-refractivity contribution in [3.8, 4) is 5.75 Å². The number of halogens is 3. The van der Waals surface area contributed by atoms with Gasteiger partial charge in [-0.15, -0.1) is 11.8 Å². The van der Waals surface area contributed by atoms with Gasteiger partial charge in [0.25, 0.3) is 0 Å². The molecule has 2 rings (SSSR count). The molecule has 1 atom stereocenters. The first-order valence-electron chi connectivity index (χ1n) is 8.82. The van der Waals surface area contributed by atoms with Crippen molar-refractivity contribution in [3.05, 3.63) is 54.1 Å². The molecule has 0 aliphatic rings. The Morgan fingerprint density at radius 1 is 1.07 bits per heavy atom. The van der Waals surface area contributed by atoms with Crippen LogP contribution in [0.5, 0.6) is 5.75 Å². The van der Waals surface area contributed by atoms with Gasteiger partial charge in [0, 0.05) is 5.69 Å². The van der Waals surface area contributed by atoms with Crippen LogP contribution >= 0.6 is 11.8 Å². The van der Waals surface area contributed by atoms with Crippen LogP contribution in [0.4, 0.5) is 24.5 Å². The highest BCUT2D eigenvalue weighted by Gasteiger charge is 2.33. The summed E-state index contributed by atoms with van der Waals surface area (Å²) >= 11 is 1.03. The number of ether oxygens (including phenoxy) is 1. The van der Waals surface area contributed by atoms with Crippen molar-refractivity contribution >= 4 is 35.0 Å². The first-order chi connectivity index (χ1) is 13.7. The fourth-order valence-corrected chi connectivity index (χ4v) is 3.03. The lowest BCUT2D eigenvalue weighted by atomic mass is 10.1. The van der Waals surface area contributed by atoms with Crippen molar-refractivity contribution < 1.29 is 27.5 Å². The zero-order valence-corrected chi connectivity index (χ0v) is 16.7. The van der Waals surface area contributed by atoms with Crippen LogP contribution in [0.1, 0.15) is 19.4 Å². The van der Waals surface area contributed by atoms with E-state index in [1.807, 2.05) is 6.92 Å². The maximum Gasteiger partial charge on any atom is 0.418 e. The lowest BCUT2D eigenvalue weighted by molar-refractivity contribution is -0.137. The molecule has 2 aromatic carbocycles. The molecule has 0 saturated heterocycles. The minimum absolute atomic E-state index is 0.0251. The molecule has 0 aliphatic heterocycles. The molecule has 0 unspecified atom stereocenters. The minimum Gasteiger partial charge on any atom is -0.494 e. The molecule has 2 N–H and O–H groups in total. The number of para-hydroxylation sites is 1. The summed E-state index contributed by atoms with van der Waals surface area (Å²) < 4.78 is 44.4. The van der Waals surface area contributed by atoms with Gasteiger partial charge in [-0.2, -0.15) is 13.2 Å². The third-order valence-electron chi connectivity index (χ3n) is 3.77. The van der Waals surface area contributed by atoms with Crippen LogP contribution < -0.4 is 15.4 Å². The number of hydrogen-bond donors (Lipinski definition) is 2. The average Bonchev–Trinajstić information content (AvgIpc) is 2.67. The molecule has 156 valence electrons. The zero-order chi connectivity index (χ0) is 21.4. The second-order valence-electron chi connectivity index (χ2n) is 5.99. The molecule has 0 fully saturated rings. The predicted octanol–water partition coefficient (Wildman–Crippen LogP) is 4.80. The highest BCUT2D eigenvalue weighted by molar-refractivity contribution is 8.01. The summed E-state index contributed by atoms with van der Waals surface area (Å²) in [5.74, 6) is -0.276. The summed E-state index contributed by atoms with van der Waals surface area (Å²) in [4.78, 5) is 24.3. The Bertz CT molecular complexity index is 842.